The Kier molecular flexibility index (Phi) is 6.56. The van der Waals surface area contributed by atoms with Gasteiger partial charge in [-0.05, 0) is 54.9 Å². The largest absolute Gasteiger partial charge is 0.337 e. The Morgan fingerprint density at radius 2 is 1.81 bits per heavy atom. The summed E-state index contributed by atoms with van der Waals surface area (Å²) in [6.07, 6.45) is 6.15. The molecule has 1 N–H and O–H groups in total. The number of epoxide rings is 1. The summed E-state index contributed by atoms with van der Waals surface area (Å²) in [6, 6.07) is 0.311. The van der Waals surface area contributed by atoms with Crippen LogP contribution in [0, 0.1) is 28.6 Å². The summed E-state index contributed by atoms with van der Waals surface area (Å²) in [5.74, 6) is 1.07. The molecular formula is C23H43N3O4S. The molecule has 0 aromatic heterocycles. The van der Waals surface area contributed by atoms with Gasteiger partial charge in [-0.15, -0.1) is 0 Å². The summed E-state index contributed by atoms with van der Waals surface area (Å²) >= 11 is 0. The SMILES string of the molecule is C[C@H]1C(COS(C)(=O)=O)[C@@]2(C)CCCC(C)(C)C2C[C@H]1NC1OC1N1CCN(C)CC1. The highest BCUT2D eigenvalue weighted by Gasteiger charge is 2.58. The average molecular weight is 458 g/mol. The highest BCUT2D eigenvalue weighted by atomic mass is 32.2. The van der Waals surface area contributed by atoms with Gasteiger partial charge in [0.1, 0.15) is 0 Å². The summed E-state index contributed by atoms with van der Waals surface area (Å²) in [7, 11) is -1.28. The molecule has 0 amide bonds. The van der Waals surface area contributed by atoms with E-state index < -0.39 is 10.1 Å². The molecule has 0 spiro atoms. The molecule has 2 heterocycles. The maximum atomic E-state index is 11.8. The number of fused-ring (bicyclic) bond motifs is 1. The number of hydrogen-bond donors (Lipinski definition) is 1. The number of rotatable bonds is 6. The van der Waals surface area contributed by atoms with Crippen molar-refractivity contribution >= 4 is 10.1 Å². The van der Waals surface area contributed by atoms with Gasteiger partial charge in [0.05, 0.1) is 12.9 Å². The summed E-state index contributed by atoms with van der Waals surface area (Å²) < 4.78 is 35.1. The van der Waals surface area contributed by atoms with E-state index in [9.17, 15) is 8.42 Å². The van der Waals surface area contributed by atoms with Crippen molar-refractivity contribution in [2.45, 2.75) is 71.9 Å². The number of piperazine rings is 1. The van der Waals surface area contributed by atoms with Crippen molar-refractivity contribution in [3.8, 4) is 0 Å². The van der Waals surface area contributed by atoms with E-state index >= 15 is 0 Å². The molecule has 7 nitrogen and oxygen atoms in total. The number of ether oxygens (including phenoxy) is 1. The third-order valence-corrected chi connectivity index (χ3v) is 9.65. The van der Waals surface area contributed by atoms with Gasteiger partial charge in [-0.25, -0.2) is 0 Å². The molecule has 2 aliphatic heterocycles. The molecule has 4 rings (SSSR count). The topological polar surface area (TPSA) is 74.4 Å². The molecule has 0 aromatic rings. The van der Waals surface area contributed by atoms with Gasteiger partial charge in [-0.2, -0.15) is 8.42 Å². The van der Waals surface area contributed by atoms with Crippen LogP contribution in [0.25, 0.3) is 0 Å². The maximum Gasteiger partial charge on any atom is 0.264 e. The minimum Gasteiger partial charge on any atom is -0.337 e. The summed E-state index contributed by atoms with van der Waals surface area (Å²) in [6.45, 7) is 14.0. The van der Waals surface area contributed by atoms with Crippen molar-refractivity contribution < 1.29 is 17.3 Å². The standard InChI is InChI=1S/C23H43N3O4S/c1-16-17(15-29-31(6,27)28)23(4)9-7-8-22(2,3)19(23)14-18(16)24-20-21(30-20)26-12-10-25(5)11-13-26/h16-21,24H,7-15H2,1-6H3/t16-,17?,18+,19?,20?,21?,23+/m0/s1. The van der Waals surface area contributed by atoms with Gasteiger partial charge < -0.3 is 9.64 Å². The first-order valence-electron chi connectivity index (χ1n) is 12.1. The Balaban J connectivity index is 1.48. The first-order chi connectivity index (χ1) is 14.4. The fourth-order valence-electron chi connectivity index (χ4n) is 7.10. The molecule has 8 heteroatoms. The molecule has 4 aliphatic rings. The highest BCUT2D eigenvalue weighted by molar-refractivity contribution is 7.85. The molecular weight excluding hydrogens is 414 g/mol. The fraction of sp³-hybridized carbons (Fsp3) is 1.00. The normalized spacial score (nSPS) is 44.1. The number of likely N-dealkylation sites (N-methyl/N-ethyl adjacent to an activating group) is 1. The van der Waals surface area contributed by atoms with E-state index in [4.69, 9.17) is 8.92 Å². The highest BCUT2D eigenvalue weighted by Crippen LogP contribution is 2.61. The van der Waals surface area contributed by atoms with Crippen molar-refractivity contribution in [2.75, 3.05) is 46.1 Å². The van der Waals surface area contributed by atoms with Crippen LogP contribution in [0.15, 0.2) is 0 Å². The van der Waals surface area contributed by atoms with Crippen LogP contribution in [-0.4, -0.2) is 82.8 Å². The fourth-order valence-corrected chi connectivity index (χ4v) is 7.49. The second-order valence-electron chi connectivity index (χ2n) is 11.7. The van der Waals surface area contributed by atoms with Gasteiger partial charge in [0, 0.05) is 32.2 Å². The number of hydrogen-bond acceptors (Lipinski definition) is 7. The van der Waals surface area contributed by atoms with Crippen LogP contribution >= 0.6 is 0 Å². The van der Waals surface area contributed by atoms with E-state index in [1.165, 1.54) is 19.1 Å². The molecule has 0 aromatic carbocycles. The Labute approximate surface area is 189 Å². The lowest BCUT2D eigenvalue weighted by Gasteiger charge is -2.61. The molecule has 0 radical (unpaired) electrons. The van der Waals surface area contributed by atoms with E-state index in [-0.39, 0.29) is 35.8 Å². The van der Waals surface area contributed by atoms with Gasteiger partial charge in [0.2, 0.25) is 0 Å². The quantitative estimate of drug-likeness (QED) is 0.485. The van der Waals surface area contributed by atoms with E-state index in [1.54, 1.807) is 0 Å². The lowest BCUT2D eigenvalue weighted by molar-refractivity contribution is -0.117. The molecule has 4 fully saturated rings. The molecule has 31 heavy (non-hydrogen) atoms. The molecule has 2 saturated carbocycles. The third kappa shape index (κ3) is 4.99. The Morgan fingerprint density at radius 3 is 2.45 bits per heavy atom. The third-order valence-electron chi connectivity index (χ3n) is 9.09. The average Bonchev–Trinajstić information content (AvgIpc) is 3.41. The minimum atomic E-state index is -3.45. The van der Waals surface area contributed by atoms with E-state index in [1.807, 2.05) is 0 Å². The number of nitrogens with zero attached hydrogens (tertiary/aromatic N) is 2. The van der Waals surface area contributed by atoms with Gasteiger partial charge in [-0.1, -0.05) is 34.1 Å². The number of nitrogens with one attached hydrogen (secondary N) is 1. The Hall–Kier alpha value is -0.250. The van der Waals surface area contributed by atoms with Crippen LogP contribution in [0.1, 0.15) is 53.4 Å². The second kappa shape index (κ2) is 8.51. The summed E-state index contributed by atoms with van der Waals surface area (Å²) in [4.78, 5) is 4.81. The summed E-state index contributed by atoms with van der Waals surface area (Å²) in [5, 5.41) is 3.83. The first-order valence-corrected chi connectivity index (χ1v) is 13.9. The molecule has 0 bridgehead atoms. The van der Waals surface area contributed by atoms with Crippen molar-refractivity contribution in [1.82, 2.24) is 15.1 Å². The Morgan fingerprint density at radius 1 is 1.13 bits per heavy atom. The van der Waals surface area contributed by atoms with E-state index in [0.29, 0.717) is 17.9 Å². The van der Waals surface area contributed by atoms with Crippen LogP contribution in [0.4, 0.5) is 0 Å². The Bertz CT molecular complexity index is 752. The smallest absolute Gasteiger partial charge is 0.264 e. The molecule has 7 atom stereocenters. The molecule has 2 aliphatic carbocycles. The molecule has 4 unspecified atom stereocenters. The van der Waals surface area contributed by atoms with Crippen LogP contribution < -0.4 is 5.32 Å². The van der Waals surface area contributed by atoms with E-state index in [0.717, 1.165) is 39.0 Å². The monoisotopic (exact) mass is 457 g/mol. The molecule has 2 saturated heterocycles. The zero-order chi connectivity index (χ0) is 22.6. The van der Waals surface area contributed by atoms with Gasteiger partial charge in [0.15, 0.2) is 12.5 Å². The van der Waals surface area contributed by atoms with E-state index in [2.05, 4.69) is 49.9 Å². The lowest BCUT2D eigenvalue weighted by atomic mass is 9.46. The lowest BCUT2D eigenvalue weighted by Crippen LogP contribution is -2.60. The maximum absolute atomic E-state index is 11.8. The second-order valence-corrected chi connectivity index (χ2v) is 13.3. The predicted octanol–water partition coefficient (Wildman–Crippen LogP) is 2.34. The molecule has 180 valence electrons. The van der Waals surface area contributed by atoms with Gasteiger partial charge in [-0.3, -0.25) is 14.4 Å². The predicted molar refractivity (Wildman–Crippen MR) is 122 cm³/mol. The van der Waals surface area contributed by atoms with Crippen LogP contribution in [-0.2, 0) is 19.0 Å². The van der Waals surface area contributed by atoms with Gasteiger partial charge >= 0.3 is 0 Å². The van der Waals surface area contributed by atoms with Crippen molar-refractivity contribution in [1.29, 1.82) is 0 Å². The van der Waals surface area contributed by atoms with Crippen molar-refractivity contribution in [2.24, 2.45) is 28.6 Å². The zero-order valence-corrected chi connectivity index (χ0v) is 21.1. The van der Waals surface area contributed by atoms with Crippen molar-refractivity contribution in [3.05, 3.63) is 0 Å². The van der Waals surface area contributed by atoms with Crippen LogP contribution in [0.2, 0.25) is 0 Å². The zero-order valence-electron chi connectivity index (χ0n) is 20.3. The minimum absolute atomic E-state index is 0.0865. The van der Waals surface area contributed by atoms with Crippen LogP contribution in [0.5, 0.6) is 0 Å². The van der Waals surface area contributed by atoms with Gasteiger partial charge in [0.25, 0.3) is 10.1 Å². The van der Waals surface area contributed by atoms with Crippen LogP contribution in [0.3, 0.4) is 0 Å². The van der Waals surface area contributed by atoms with Crippen molar-refractivity contribution in [3.63, 3.8) is 0 Å². The first kappa shape index (κ1) is 23.9. The summed E-state index contributed by atoms with van der Waals surface area (Å²) in [5.41, 5.74) is 0.350.